The summed E-state index contributed by atoms with van der Waals surface area (Å²) in [6.45, 7) is 5.56. The Kier molecular flexibility index (Phi) is 6.54. The Morgan fingerprint density at radius 1 is 1.28 bits per heavy atom. The molecule has 1 aromatic carbocycles. The van der Waals surface area contributed by atoms with Crippen molar-refractivity contribution in [3.63, 3.8) is 0 Å². The number of anilines is 1. The molecular formula is C18H19N3O3S. The molecule has 25 heavy (non-hydrogen) atoms. The first-order valence-electron chi connectivity index (χ1n) is 7.64. The summed E-state index contributed by atoms with van der Waals surface area (Å²) in [4.78, 5) is 27.8. The first kappa shape index (κ1) is 18.5. The van der Waals surface area contributed by atoms with Crippen molar-refractivity contribution in [3.8, 4) is 17.6 Å². The Hall–Kier alpha value is -2.85. The quantitative estimate of drug-likeness (QED) is 0.806. The molecule has 2 aromatic rings. The Labute approximate surface area is 150 Å². The highest BCUT2D eigenvalue weighted by molar-refractivity contribution is 7.13. The van der Waals surface area contributed by atoms with E-state index < -0.39 is 0 Å². The van der Waals surface area contributed by atoms with Gasteiger partial charge in [0.25, 0.3) is 5.91 Å². The Bertz CT molecular complexity index is 834. The van der Waals surface area contributed by atoms with Gasteiger partial charge in [-0.05, 0) is 26.0 Å². The van der Waals surface area contributed by atoms with E-state index in [0.717, 1.165) is 10.7 Å². The van der Waals surface area contributed by atoms with Crippen LogP contribution in [0.25, 0.3) is 0 Å². The van der Waals surface area contributed by atoms with E-state index >= 15 is 0 Å². The number of carbonyl (C=O) groups excluding carboxylic acids is 2. The van der Waals surface area contributed by atoms with Gasteiger partial charge in [0.2, 0.25) is 5.91 Å². The van der Waals surface area contributed by atoms with Crippen LogP contribution in [-0.2, 0) is 4.79 Å². The molecule has 6 nitrogen and oxygen atoms in total. The molecule has 0 spiro atoms. The average molecular weight is 357 g/mol. The fourth-order valence-corrected chi connectivity index (χ4v) is 2.88. The summed E-state index contributed by atoms with van der Waals surface area (Å²) >= 11 is 1.37. The number of aromatic nitrogens is 1. The minimum Gasteiger partial charge on any atom is -0.481 e. The number of ether oxygens (including phenoxy) is 1. The molecule has 0 fully saturated rings. The van der Waals surface area contributed by atoms with Gasteiger partial charge in [-0.25, -0.2) is 4.98 Å². The Balaban J connectivity index is 1.77. The van der Waals surface area contributed by atoms with E-state index in [0.29, 0.717) is 16.3 Å². The minimum atomic E-state index is -0.165. The van der Waals surface area contributed by atoms with Crippen LogP contribution in [0.2, 0.25) is 0 Å². The van der Waals surface area contributed by atoms with Crippen LogP contribution in [0, 0.1) is 25.7 Å². The molecule has 2 amide bonds. The monoisotopic (exact) mass is 357 g/mol. The van der Waals surface area contributed by atoms with Crippen LogP contribution >= 0.6 is 11.3 Å². The number of thiazole rings is 1. The van der Waals surface area contributed by atoms with Gasteiger partial charge in [0, 0.05) is 18.7 Å². The summed E-state index contributed by atoms with van der Waals surface area (Å²) in [6.07, 6.45) is 0. The van der Waals surface area contributed by atoms with Gasteiger partial charge < -0.3 is 15.4 Å². The summed E-state index contributed by atoms with van der Waals surface area (Å²) in [6, 6.07) is 7.07. The molecule has 0 bridgehead atoms. The number of hydrogen-bond acceptors (Lipinski definition) is 5. The lowest BCUT2D eigenvalue weighted by Gasteiger charge is -2.05. The lowest BCUT2D eigenvalue weighted by molar-refractivity contribution is -0.114. The van der Waals surface area contributed by atoms with Crippen molar-refractivity contribution in [2.75, 3.05) is 18.5 Å². The maximum absolute atomic E-state index is 12.0. The second-order valence-corrected chi connectivity index (χ2v) is 6.38. The zero-order chi connectivity index (χ0) is 18.2. The normalized spacial score (nSPS) is 9.72. The first-order valence-corrected chi connectivity index (χ1v) is 8.46. The highest BCUT2D eigenvalue weighted by Crippen LogP contribution is 2.17. The second kappa shape index (κ2) is 8.85. The second-order valence-electron chi connectivity index (χ2n) is 5.18. The van der Waals surface area contributed by atoms with Gasteiger partial charge in [0.1, 0.15) is 17.2 Å². The van der Waals surface area contributed by atoms with Gasteiger partial charge >= 0.3 is 0 Å². The van der Waals surface area contributed by atoms with Crippen molar-refractivity contribution in [1.82, 2.24) is 10.3 Å². The maximum atomic E-state index is 12.0. The number of aryl methyl sites for hydroxylation is 2. The molecule has 1 aromatic heterocycles. The lowest BCUT2D eigenvalue weighted by Crippen LogP contribution is -2.23. The smallest absolute Gasteiger partial charge is 0.264 e. The summed E-state index contributed by atoms with van der Waals surface area (Å²) in [5.74, 6) is 5.98. The van der Waals surface area contributed by atoms with Crippen molar-refractivity contribution in [3.05, 3.63) is 39.8 Å². The SMILES string of the molecule is CC(=O)Nc1cccc(OCC#CCNC(=O)c2sc(C)nc2C)c1. The number of rotatable bonds is 5. The largest absolute Gasteiger partial charge is 0.481 e. The van der Waals surface area contributed by atoms with E-state index in [9.17, 15) is 9.59 Å². The predicted molar refractivity (Wildman–Crippen MR) is 97.9 cm³/mol. The van der Waals surface area contributed by atoms with Crippen molar-refractivity contribution < 1.29 is 14.3 Å². The van der Waals surface area contributed by atoms with Gasteiger partial charge in [-0.3, -0.25) is 9.59 Å². The zero-order valence-electron chi connectivity index (χ0n) is 14.3. The number of benzene rings is 1. The Morgan fingerprint density at radius 2 is 2.08 bits per heavy atom. The van der Waals surface area contributed by atoms with Crippen LogP contribution in [0.15, 0.2) is 24.3 Å². The van der Waals surface area contributed by atoms with E-state index in [1.807, 2.05) is 13.8 Å². The van der Waals surface area contributed by atoms with Crippen LogP contribution in [0.1, 0.15) is 27.3 Å². The van der Waals surface area contributed by atoms with E-state index in [2.05, 4.69) is 27.5 Å². The zero-order valence-corrected chi connectivity index (χ0v) is 15.1. The van der Waals surface area contributed by atoms with Crippen LogP contribution in [0.4, 0.5) is 5.69 Å². The summed E-state index contributed by atoms with van der Waals surface area (Å²) < 4.78 is 5.50. The molecule has 0 radical (unpaired) electrons. The van der Waals surface area contributed by atoms with Crippen LogP contribution in [-0.4, -0.2) is 29.9 Å². The first-order chi connectivity index (χ1) is 12.0. The van der Waals surface area contributed by atoms with E-state index in [1.165, 1.54) is 18.3 Å². The third-order valence-electron chi connectivity index (χ3n) is 3.04. The highest BCUT2D eigenvalue weighted by Gasteiger charge is 2.12. The maximum Gasteiger partial charge on any atom is 0.264 e. The lowest BCUT2D eigenvalue weighted by atomic mass is 10.3. The van der Waals surface area contributed by atoms with Gasteiger partial charge in [0.05, 0.1) is 17.2 Å². The molecule has 0 aliphatic rings. The van der Waals surface area contributed by atoms with Gasteiger partial charge in [-0.2, -0.15) is 0 Å². The fourth-order valence-electron chi connectivity index (χ4n) is 2.05. The molecule has 130 valence electrons. The molecule has 2 rings (SSSR count). The van der Waals surface area contributed by atoms with Crippen molar-refractivity contribution in [2.24, 2.45) is 0 Å². The highest BCUT2D eigenvalue weighted by atomic mass is 32.1. The predicted octanol–water partition coefficient (Wildman–Crippen LogP) is 2.53. The minimum absolute atomic E-state index is 0.140. The Morgan fingerprint density at radius 3 is 2.76 bits per heavy atom. The third-order valence-corrected chi connectivity index (χ3v) is 4.11. The molecular weight excluding hydrogens is 338 g/mol. The van der Waals surface area contributed by atoms with E-state index in [4.69, 9.17) is 4.74 Å². The number of nitrogens with one attached hydrogen (secondary N) is 2. The van der Waals surface area contributed by atoms with Crippen LogP contribution < -0.4 is 15.4 Å². The van der Waals surface area contributed by atoms with E-state index in [1.54, 1.807) is 24.3 Å². The van der Waals surface area contributed by atoms with Gasteiger partial charge in [-0.15, -0.1) is 11.3 Å². The van der Waals surface area contributed by atoms with Gasteiger partial charge in [0.15, 0.2) is 0 Å². The molecule has 1 heterocycles. The number of amides is 2. The van der Waals surface area contributed by atoms with E-state index in [-0.39, 0.29) is 25.0 Å². The number of nitrogens with zero attached hydrogens (tertiary/aromatic N) is 1. The summed E-state index contributed by atoms with van der Waals surface area (Å²) in [7, 11) is 0. The van der Waals surface area contributed by atoms with Crippen molar-refractivity contribution in [2.45, 2.75) is 20.8 Å². The molecule has 0 saturated carbocycles. The molecule has 0 saturated heterocycles. The standard InChI is InChI=1S/C18H19N3O3S/c1-12-17(25-14(3)20-12)18(23)19-9-4-5-10-24-16-8-6-7-15(11-16)21-13(2)22/h6-8,11H,9-10H2,1-3H3,(H,19,23)(H,21,22). The molecule has 0 aliphatic carbocycles. The molecule has 2 N–H and O–H groups in total. The number of hydrogen-bond donors (Lipinski definition) is 2. The van der Waals surface area contributed by atoms with Crippen molar-refractivity contribution >= 4 is 28.8 Å². The number of carbonyl (C=O) groups is 2. The topological polar surface area (TPSA) is 80.3 Å². The van der Waals surface area contributed by atoms with Crippen LogP contribution in [0.5, 0.6) is 5.75 Å². The molecule has 0 unspecified atom stereocenters. The van der Waals surface area contributed by atoms with Crippen LogP contribution in [0.3, 0.4) is 0 Å². The third kappa shape index (κ3) is 5.94. The summed E-state index contributed by atoms with van der Waals surface area (Å²) in [5.41, 5.74) is 1.40. The molecule has 0 aliphatic heterocycles. The summed E-state index contributed by atoms with van der Waals surface area (Å²) in [5, 5.41) is 6.29. The van der Waals surface area contributed by atoms with Gasteiger partial charge in [-0.1, -0.05) is 17.9 Å². The average Bonchev–Trinajstić information content (AvgIpc) is 2.89. The van der Waals surface area contributed by atoms with Crippen molar-refractivity contribution in [1.29, 1.82) is 0 Å². The molecule has 7 heteroatoms. The molecule has 0 atom stereocenters. The fraction of sp³-hybridized carbons (Fsp3) is 0.278.